The second kappa shape index (κ2) is 6.73. The third-order valence-electron chi connectivity index (χ3n) is 3.79. The number of ether oxygens (including phenoxy) is 2. The zero-order chi connectivity index (χ0) is 13.6. The van der Waals surface area contributed by atoms with Crippen LogP contribution in [-0.4, -0.2) is 25.9 Å². The SMILES string of the molecule is C=CCOc1ccccc1CNCC1(OC)CCC1. The lowest BCUT2D eigenvalue weighted by Crippen LogP contribution is -2.47. The predicted molar refractivity (Wildman–Crippen MR) is 77.4 cm³/mol. The van der Waals surface area contributed by atoms with Crippen molar-refractivity contribution in [2.45, 2.75) is 31.4 Å². The van der Waals surface area contributed by atoms with E-state index >= 15 is 0 Å². The Kier molecular flexibility index (Phi) is 5.00. The molecule has 3 heteroatoms. The maximum Gasteiger partial charge on any atom is 0.124 e. The van der Waals surface area contributed by atoms with Crippen molar-refractivity contribution in [3.05, 3.63) is 42.5 Å². The van der Waals surface area contributed by atoms with Crippen molar-refractivity contribution >= 4 is 0 Å². The molecule has 1 aromatic carbocycles. The van der Waals surface area contributed by atoms with Gasteiger partial charge in [0, 0.05) is 25.8 Å². The zero-order valence-corrected chi connectivity index (χ0v) is 11.7. The van der Waals surface area contributed by atoms with Crippen LogP contribution in [-0.2, 0) is 11.3 Å². The molecule has 0 radical (unpaired) electrons. The molecule has 19 heavy (non-hydrogen) atoms. The number of nitrogens with one attached hydrogen (secondary N) is 1. The summed E-state index contributed by atoms with van der Waals surface area (Å²) < 4.78 is 11.2. The van der Waals surface area contributed by atoms with Crippen molar-refractivity contribution in [2.24, 2.45) is 0 Å². The number of methoxy groups -OCH3 is 1. The van der Waals surface area contributed by atoms with Gasteiger partial charge in [0.15, 0.2) is 0 Å². The second-order valence-corrected chi connectivity index (χ2v) is 5.05. The first kappa shape index (κ1) is 14.1. The van der Waals surface area contributed by atoms with Gasteiger partial charge in [-0.2, -0.15) is 0 Å². The summed E-state index contributed by atoms with van der Waals surface area (Å²) in [6.07, 6.45) is 5.35. The van der Waals surface area contributed by atoms with Crippen LogP contribution in [0.5, 0.6) is 5.75 Å². The zero-order valence-electron chi connectivity index (χ0n) is 11.7. The fraction of sp³-hybridized carbons (Fsp3) is 0.500. The molecule has 1 aliphatic rings. The largest absolute Gasteiger partial charge is 0.489 e. The topological polar surface area (TPSA) is 30.5 Å². The van der Waals surface area contributed by atoms with Gasteiger partial charge in [0.1, 0.15) is 12.4 Å². The van der Waals surface area contributed by atoms with E-state index in [-0.39, 0.29) is 5.60 Å². The Morgan fingerprint density at radius 1 is 1.37 bits per heavy atom. The predicted octanol–water partition coefficient (Wildman–Crippen LogP) is 2.91. The molecule has 0 amide bonds. The summed E-state index contributed by atoms with van der Waals surface area (Å²) in [5.41, 5.74) is 1.24. The summed E-state index contributed by atoms with van der Waals surface area (Å²) in [5.74, 6) is 0.926. The van der Waals surface area contributed by atoms with E-state index in [9.17, 15) is 0 Å². The fourth-order valence-electron chi connectivity index (χ4n) is 2.39. The van der Waals surface area contributed by atoms with Crippen LogP contribution in [0.3, 0.4) is 0 Å². The Hall–Kier alpha value is -1.32. The van der Waals surface area contributed by atoms with Crippen molar-refractivity contribution in [3.63, 3.8) is 0 Å². The van der Waals surface area contributed by atoms with Crippen molar-refractivity contribution in [1.82, 2.24) is 5.32 Å². The quantitative estimate of drug-likeness (QED) is 0.730. The van der Waals surface area contributed by atoms with E-state index in [0.717, 1.165) is 31.7 Å². The Morgan fingerprint density at radius 2 is 2.16 bits per heavy atom. The van der Waals surface area contributed by atoms with Crippen molar-refractivity contribution in [2.75, 3.05) is 20.3 Å². The summed E-state index contributed by atoms with van der Waals surface area (Å²) in [6, 6.07) is 8.11. The average Bonchev–Trinajstić information content (AvgIpc) is 2.40. The Morgan fingerprint density at radius 3 is 2.79 bits per heavy atom. The van der Waals surface area contributed by atoms with Crippen LogP contribution in [0.2, 0.25) is 0 Å². The summed E-state index contributed by atoms with van der Waals surface area (Å²) >= 11 is 0. The highest BCUT2D eigenvalue weighted by atomic mass is 16.5. The molecule has 0 spiro atoms. The van der Waals surface area contributed by atoms with Gasteiger partial charge in [0.2, 0.25) is 0 Å². The molecule has 0 unspecified atom stereocenters. The molecular formula is C16H23NO2. The van der Waals surface area contributed by atoms with Crippen LogP contribution in [0.4, 0.5) is 0 Å². The number of hydrogen-bond donors (Lipinski definition) is 1. The lowest BCUT2D eigenvalue weighted by Gasteiger charge is -2.40. The summed E-state index contributed by atoms with van der Waals surface area (Å²) in [7, 11) is 1.81. The molecule has 0 atom stereocenters. The van der Waals surface area contributed by atoms with E-state index in [1.165, 1.54) is 12.0 Å². The van der Waals surface area contributed by atoms with Crippen molar-refractivity contribution in [1.29, 1.82) is 0 Å². The van der Waals surface area contributed by atoms with Crippen LogP contribution < -0.4 is 10.1 Å². The smallest absolute Gasteiger partial charge is 0.124 e. The minimum atomic E-state index is 0.0664. The van der Waals surface area contributed by atoms with E-state index in [0.29, 0.717) is 6.61 Å². The molecule has 1 aromatic rings. The number of rotatable bonds is 8. The van der Waals surface area contributed by atoms with Gasteiger partial charge in [-0.25, -0.2) is 0 Å². The maximum absolute atomic E-state index is 5.65. The highest BCUT2D eigenvalue weighted by Crippen LogP contribution is 2.34. The van der Waals surface area contributed by atoms with E-state index in [2.05, 4.69) is 18.0 Å². The van der Waals surface area contributed by atoms with Gasteiger partial charge in [-0.05, 0) is 25.3 Å². The Labute approximate surface area is 115 Å². The third kappa shape index (κ3) is 3.58. The van der Waals surface area contributed by atoms with Crippen LogP contribution in [0.25, 0.3) is 0 Å². The van der Waals surface area contributed by atoms with Gasteiger partial charge in [0.25, 0.3) is 0 Å². The average molecular weight is 261 g/mol. The van der Waals surface area contributed by atoms with Crippen LogP contribution in [0, 0.1) is 0 Å². The first-order valence-corrected chi connectivity index (χ1v) is 6.87. The summed E-state index contributed by atoms with van der Waals surface area (Å²) in [4.78, 5) is 0. The van der Waals surface area contributed by atoms with Gasteiger partial charge >= 0.3 is 0 Å². The molecule has 2 rings (SSSR count). The monoisotopic (exact) mass is 261 g/mol. The molecular weight excluding hydrogens is 238 g/mol. The van der Waals surface area contributed by atoms with Gasteiger partial charge < -0.3 is 14.8 Å². The van der Waals surface area contributed by atoms with Crippen molar-refractivity contribution in [3.8, 4) is 5.75 Å². The molecule has 1 saturated carbocycles. The number of hydrogen-bond acceptors (Lipinski definition) is 3. The summed E-state index contributed by atoms with van der Waals surface area (Å²) in [6.45, 7) is 5.92. The first-order chi connectivity index (χ1) is 9.29. The van der Waals surface area contributed by atoms with Crippen LogP contribution in [0.15, 0.2) is 36.9 Å². The van der Waals surface area contributed by atoms with E-state index in [4.69, 9.17) is 9.47 Å². The molecule has 1 aliphatic carbocycles. The lowest BCUT2D eigenvalue weighted by molar-refractivity contribution is -0.0695. The number of para-hydroxylation sites is 1. The molecule has 1 fully saturated rings. The van der Waals surface area contributed by atoms with Gasteiger partial charge in [-0.3, -0.25) is 0 Å². The maximum atomic E-state index is 5.65. The Balaban J connectivity index is 1.86. The molecule has 0 heterocycles. The lowest BCUT2D eigenvalue weighted by atomic mass is 9.80. The molecule has 0 aliphatic heterocycles. The molecule has 1 N–H and O–H groups in total. The Bertz CT molecular complexity index is 407. The van der Waals surface area contributed by atoms with Crippen molar-refractivity contribution < 1.29 is 9.47 Å². The van der Waals surface area contributed by atoms with E-state index in [1.54, 1.807) is 6.08 Å². The normalized spacial score (nSPS) is 16.7. The first-order valence-electron chi connectivity index (χ1n) is 6.87. The fourth-order valence-corrected chi connectivity index (χ4v) is 2.39. The highest BCUT2D eigenvalue weighted by molar-refractivity contribution is 5.33. The van der Waals surface area contributed by atoms with Gasteiger partial charge in [0.05, 0.1) is 5.60 Å². The molecule has 3 nitrogen and oxygen atoms in total. The minimum absolute atomic E-state index is 0.0664. The van der Waals surface area contributed by atoms with Gasteiger partial charge in [-0.1, -0.05) is 30.9 Å². The van der Waals surface area contributed by atoms with Crippen LogP contribution >= 0.6 is 0 Å². The second-order valence-electron chi connectivity index (χ2n) is 5.05. The van der Waals surface area contributed by atoms with E-state index < -0.39 is 0 Å². The van der Waals surface area contributed by atoms with Gasteiger partial charge in [-0.15, -0.1) is 0 Å². The third-order valence-corrected chi connectivity index (χ3v) is 3.79. The molecule has 0 bridgehead atoms. The summed E-state index contributed by atoms with van der Waals surface area (Å²) in [5, 5.41) is 3.48. The van der Waals surface area contributed by atoms with Crippen LogP contribution in [0.1, 0.15) is 24.8 Å². The molecule has 104 valence electrons. The standard InChI is InChI=1S/C16H23NO2/c1-3-11-19-15-8-5-4-7-14(15)12-17-13-16(18-2)9-6-10-16/h3-5,7-8,17H,1,6,9-13H2,2H3. The number of benzene rings is 1. The highest BCUT2D eigenvalue weighted by Gasteiger charge is 2.36. The van der Waals surface area contributed by atoms with E-state index in [1.807, 2.05) is 25.3 Å². The molecule has 0 saturated heterocycles. The minimum Gasteiger partial charge on any atom is -0.489 e. The molecule has 0 aromatic heterocycles.